The molecule has 20 heavy (non-hydrogen) atoms. The van der Waals surface area contributed by atoms with E-state index in [-0.39, 0.29) is 5.91 Å². The van der Waals surface area contributed by atoms with Crippen LogP contribution < -0.4 is 21.3 Å². The highest BCUT2D eigenvalue weighted by Crippen LogP contribution is 1.92. The van der Waals surface area contributed by atoms with Gasteiger partial charge in [0.15, 0.2) is 0 Å². The zero-order chi connectivity index (χ0) is 15.7. The first kappa shape index (κ1) is 18.4. The number of rotatable bonds is 7. The molecule has 0 aromatic heterocycles. The van der Waals surface area contributed by atoms with Crippen LogP contribution in [0, 0.1) is 5.92 Å². The van der Waals surface area contributed by atoms with E-state index in [1.165, 1.54) is 0 Å². The maximum absolute atomic E-state index is 11.7. The molecule has 0 rings (SSSR count). The van der Waals surface area contributed by atoms with E-state index in [9.17, 15) is 14.4 Å². The summed E-state index contributed by atoms with van der Waals surface area (Å²) in [5.74, 6) is -0.277. The molecule has 7 heteroatoms. The lowest BCUT2D eigenvalue weighted by Crippen LogP contribution is -2.53. The molecule has 0 heterocycles. The van der Waals surface area contributed by atoms with Gasteiger partial charge in [-0.25, -0.2) is 4.79 Å². The average molecular weight is 286 g/mol. The molecule has 0 aromatic rings. The Morgan fingerprint density at radius 2 is 1.45 bits per heavy atom. The maximum atomic E-state index is 11.7. The lowest BCUT2D eigenvalue weighted by molar-refractivity contribution is -0.124. The van der Waals surface area contributed by atoms with Crippen LogP contribution in [0.4, 0.5) is 4.79 Å². The van der Waals surface area contributed by atoms with Crippen molar-refractivity contribution in [2.75, 3.05) is 13.1 Å². The number of hydrogen-bond donors (Lipinski definition) is 4. The van der Waals surface area contributed by atoms with Crippen molar-refractivity contribution in [3.05, 3.63) is 0 Å². The molecule has 2 unspecified atom stereocenters. The van der Waals surface area contributed by atoms with Crippen molar-refractivity contribution < 1.29 is 14.4 Å². The predicted octanol–water partition coefficient (Wildman–Crippen LogP) is -0.0291. The normalized spacial score (nSPS) is 13.5. The fraction of sp³-hybridized carbons (Fsp3) is 0.769. The third-order valence-corrected chi connectivity index (χ3v) is 2.55. The molecule has 0 bridgehead atoms. The van der Waals surface area contributed by atoms with Gasteiger partial charge in [-0.15, -0.1) is 0 Å². The van der Waals surface area contributed by atoms with E-state index in [1.54, 1.807) is 20.8 Å². The highest BCUT2D eigenvalue weighted by atomic mass is 16.2. The molecule has 0 aliphatic rings. The van der Waals surface area contributed by atoms with Crippen LogP contribution in [0.2, 0.25) is 0 Å². The molecule has 4 N–H and O–H groups in total. The fourth-order valence-electron chi connectivity index (χ4n) is 1.41. The van der Waals surface area contributed by atoms with Crippen LogP contribution in [0.15, 0.2) is 0 Å². The standard InChI is InChI=1S/C13H26N4O3/c1-6-14-13(20)17-12(19)10(5)16-9(4)11(18)15-7-8(2)3/h8-10,16H,6-7H2,1-5H3,(H,15,18)(H2,14,17,19,20). The zero-order valence-electron chi connectivity index (χ0n) is 12.9. The highest BCUT2D eigenvalue weighted by Gasteiger charge is 2.20. The van der Waals surface area contributed by atoms with E-state index in [4.69, 9.17) is 0 Å². The average Bonchev–Trinajstić information content (AvgIpc) is 2.35. The number of hydrogen-bond acceptors (Lipinski definition) is 4. The van der Waals surface area contributed by atoms with E-state index >= 15 is 0 Å². The van der Waals surface area contributed by atoms with E-state index in [1.807, 2.05) is 13.8 Å². The van der Waals surface area contributed by atoms with Crippen LogP contribution in [0.3, 0.4) is 0 Å². The van der Waals surface area contributed by atoms with Gasteiger partial charge in [-0.05, 0) is 26.7 Å². The van der Waals surface area contributed by atoms with Crippen LogP contribution >= 0.6 is 0 Å². The second-order valence-electron chi connectivity index (χ2n) is 5.10. The Balaban J connectivity index is 4.17. The SMILES string of the molecule is CCNC(=O)NC(=O)C(C)NC(C)C(=O)NCC(C)C. The van der Waals surface area contributed by atoms with Crippen molar-refractivity contribution in [1.29, 1.82) is 0 Å². The molecule has 0 spiro atoms. The van der Waals surface area contributed by atoms with Gasteiger partial charge in [0, 0.05) is 13.1 Å². The number of amides is 4. The third kappa shape index (κ3) is 7.73. The Labute approximate surface area is 120 Å². The summed E-state index contributed by atoms with van der Waals surface area (Å²) in [7, 11) is 0. The molecule has 0 aromatic carbocycles. The number of imide groups is 1. The van der Waals surface area contributed by atoms with Gasteiger partial charge in [0.05, 0.1) is 12.1 Å². The van der Waals surface area contributed by atoms with Crippen molar-refractivity contribution in [3.8, 4) is 0 Å². The first-order valence-electron chi connectivity index (χ1n) is 6.90. The molecule has 0 saturated carbocycles. The van der Waals surface area contributed by atoms with Gasteiger partial charge < -0.3 is 10.6 Å². The lowest BCUT2D eigenvalue weighted by Gasteiger charge is -2.19. The van der Waals surface area contributed by atoms with E-state index < -0.39 is 24.0 Å². The number of carbonyl (C=O) groups is 3. The molecule has 2 atom stereocenters. The van der Waals surface area contributed by atoms with Gasteiger partial charge in [0.2, 0.25) is 11.8 Å². The van der Waals surface area contributed by atoms with Crippen molar-refractivity contribution in [2.24, 2.45) is 5.92 Å². The van der Waals surface area contributed by atoms with Crippen molar-refractivity contribution >= 4 is 17.8 Å². The molecule has 0 aliphatic heterocycles. The van der Waals surface area contributed by atoms with Crippen LogP contribution in [0.1, 0.15) is 34.6 Å². The van der Waals surface area contributed by atoms with Gasteiger partial charge in [0.1, 0.15) is 0 Å². The zero-order valence-corrected chi connectivity index (χ0v) is 12.9. The van der Waals surface area contributed by atoms with Crippen molar-refractivity contribution in [2.45, 2.75) is 46.7 Å². The molecule has 7 nitrogen and oxygen atoms in total. The first-order valence-corrected chi connectivity index (χ1v) is 6.90. The summed E-state index contributed by atoms with van der Waals surface area (Å²) >= 11 is 0. The predicted molar refractivity (Wildman–Crippen MR) is 77.1 cm³/mol. The molecular formula is C13H26N4O3. The number of urea groups is 1. The van der Waals surface area contributed by atoms with E-state index in [0.29, 0.717) is 19.0 Å². The van der Waals surface area contributed by atoms with Crippen LogP contribution in [0.5, 0.6) is 0 Å². The highest BCUT2D eigenvalue weighted by molar-refractivity contribution is 5.97. The molecule has 4 amide bonds. The second-order valence-corrected chi connectivity index (χ2v) is 5.10. The number of nitrogens with one attached hydrogen (secondary N) is 4. The van der Waals surface area contributed by atoms with Crippen LogP contribution in [0.25, 0.3) is 0 Å². The van der Waals surface area contributed by atoms with Gasteiger partial charge in [-0.1, -0.05) is 13.8 Å². The van der Waals surface area contributed by atoms with Gasteiger partial charge >= 0.3 is 6.03 Å². The largest absolute Gasteiger partial charge is 0.354 e. The Morgan fingerprint density at radius 3 is 1.95 bits per heavy atom. The summed E-state index contributed by atoms with van der Waals surface area (Å²) in [6.07, 6.45) is 0. The summed E-state index contributed by atoms with van der Waals surface area (Å²) in [4.78, 5) is 34.6. The molecule has 0 radical (unpaired) electrons. The quantitative estimate of drug-likeness (QED) is 0.528. The first-order chi connectivity index (χ1) is 9.27. The Kier molecular flexibility index (Phi) is 8.54. The monoisotopic (exact) mass is 286 g/mol. The van der Waals surface area contributed by atoms with Crippen LogP contribution in [-0.4, -0.2) is 43.0 Å². The fourth-order valence-corrected chi connectivity index (χ4v) is 1.41. The summed E-state index contributed by atoms with van der Waals surface area (Å²) in [6.45, 7) is 10.1. The number of carbonyl (C=O) groups excluding carboxylic acids is 3. The van der Waals surface area contributed by atoms with E-state index in [0.717, 1.165) is 0 Å². The molecule has 116 valence electrons. The maximum Gasteiger partial charge on any atom is 0.321 e. The topological polar surface area (TPSA) is 99.3 Å². The molecule has 0 saturated heterocycles. The molecule has 0 aliphatic carbocycles. The summed E-state index contributed by atoms with van der Waals surface area (Å²) < 4.78 is 0. The smallest absolute Gasteiger partial charge is 0.321 e. The van der Waals surface area contributed by atoms with Crippen molar-refractivity contribution in [3.63, 3.8) is 0 Å². The minimum atomic E-state index is -0.641. The van der Waals surface area contributed by atoms with Crippen LogP contribution in [-0.2, 0) is 9.59 Å². The Hall–Kier alpha value is -1.63. The molecule has 0 fully saturated rings. The summed E-state index contributed by atoms with van der Waals surface area (Å²) in [5.41, 5.74) is 0. The summed E-state index contributed by atoms with van der Waals surface area (Å²) in [6, 6.07) is -1.69. The van der Waals surface area contributed by atoms with E-state index in [2.05, 4.69) is 21.3 Å². The van der Waals surface area contributed by atoms with Crippen molar-refractivity contribution in [1.82, 2.24) is 21.3 Å². The summed E-state index contributed by atoms with van der Waals surface area (Å²) in [5, 5.41) is 10.3. The minimum absolute atomic E-state index is 0.170. The van der Waals surface area contributed by atoms with Gasteiger partial charge in [-0.3, -0.25) is 20.2 Å². The lowest BCUT2D eigenvalue weighted by atomic mass is 10.2. The Bertz CT molecular complexity index is 345. The minimum Gasteiger partial charge on any atom is -0.354 e. The van der Waals surface area contributed by atoms with Gasteiger partial charge in [0.25, 0.3) is 0 Å². The van der Waals surface area contributed by atoms with Gasteiger partial charge in [-0.2, -0.15) is 0 Å². The third-order valence-electron chi connectivity index (χ3n) is 2.55. The molecular weight excluding hydrogens is 260 g/mol. The second kappa shape index (κ2) is 9.30. The Morgan fingerprint density at radius 1 is 0.900 bits per heavy atom.